The molecule has 3 N–H and O–H groups in total. The molecule has 1 heterocycles. The molecule has 0 saturated heterocycles. The number of hydrogen-bond acceptors (Lipinski definition) is 6. The number of nitrogen functional groups attached to an aromatic ring is 1. The van der Waals surface area contributed by atoms with Crippen molar-refractivity contribution in [1.29, 1.82) is 5.26 Å². The van der Waals surface area contributed by atoms with Gasteiger partial charge in [-0.25, -0.2) is 4.68 Å². The average Bonchev–Trinajstić information content (AvgIpc) is 3.02. The molecule has 2 aromatic carbocycles. The van der Waals surface area contributed by atoms with E-state index < -0.39 is 4.92 Å². The molecule has 0 aliphatic carbocycles. The van der Waals surface area contributed by atoms with Gasteiger partial charge in [-0.1, -0.05) is 30.3 Å². The number of para-hydroxylation sites is 2. The van der Waals surface area contributed by atoms with E-state index in [9.17, 15) is 15.4 Å². The Hall–Kier alpha value is -3.86. The monoisotopic (exact) mass is 376 g/mol. The fourth-order valence-electron chi connectivity index (χ4n) is 3.04. The minimum absolute atomic E-state index is 0.0512. The van der Waals surface area contributed by atoms with E-state index in [0.29, 0.717) is 42.1 Å². The number of aromatic nitrogens is 2. The van der Waals surface area contributed by atoms with Crippen LogP contribution < -0.4 is 11.1 Å². The Labute approximate surface area is 162 Å². The highest BCUT2D eigenvalue weighted by molar-refractivity contribution is 5.66. The molecule has 8 heteroatoms. The lowest BCUT2D eigenvalue weighted by Gasteiger charge is -2.09. The van der Waals surface area contributed by atoms with E-state index in [4.69, 9.17) is 5.73 Å². The third-order valence-electron chi connectivity index (χ3n) is 4.45. The number of hydrogen-bond donors (Lipinski definition) is 2. The molecule has 0 aliphatic heterocycles. The molecule has 3 aromatic rings. The molecule has 0 bridgehead atoms. The quantitative estimate of drug-likeness (QED) is 0.369. The third kappa shape index (κ3) is 3.78. The van der Waals surface area contributed by atoms with Crippen molar-refractivity contribution in [2.75, 3.05) is 17.6 Å². The molecule has 0 unspecified atom stereocenters. The molecule has 3 rings (SSSR count). The van der Waals surface area contributed by atoms with Crippen LogP contribution in [0.15, 0.2) is 48.5 Å². The highest BCUT2D eigenvalue weighted by Crippen LogP contribution is 2.27. The van der Waals surface area contributed by atoms with Gasteiger partial charge in [0.15, 0.2) is 0 Å². The van der Waals surface area contributed by atoms with Gasteiger partial charge >= 0.3 is 0 Å². The summed E-state index contributed by atoms with van der Waals surface area (Å²) in [5.41, 5.74) is 9.25. The number of aryl methyl sites for hydroxylation is 2. The number of nitrogens with zero attached hydrogens (tertiary/aromatic N) is 4. The molecule has 0 amide bonds. The van der Waals surface area contributed by atoms with Crippen molar-refractivity contribution in [1.82, 2.24) is 9.78 Å². The first-order chi connectivity index (χ1) is 13.5. The first-order valence-corrected chi connectivity index (χ1v) is 8.83. The van der Waals surface area contributed by atoms with Gasteiger partial charge in [0.25, 0.3) is 5.69 Å². The van der Waals surface area contributed by atoms with E-state index in [1.807, 2.05) is 43.3 Å². The van der Waals surface area contributed by atoms with Gasteiger partial charge in [-0.05, 0) is 37.5 Å². The van der Waals surface area contributed by atoms with Crippen LogP contribution in [0.3, 0.4) is 0 Å². The van der Waals surface area contributed by atoms with Crippen LogP contribution in [0, 0.1) is 28.4 Å². The van der Waals surface area contributed by atoms with E-state index in [0.717, 1.165) is 11.3 Å². The number of nitrogens with two attached hydrogens (primary N) is 1. The van der Waals surface area contributed by atoms with Gasteiger partial charge in [-0.15, -0.1) is 0 Å². The zero-order valence-corrected chi connectivity index (χ0v) is 15.4. The number of nitriles is 1. The number of benzene rings is 2. The van der Waals surface area contributed by atoms with Gasteiger partial charge in [0, 0.05) is 12.6 Å². The SMILES string of the molecule is Cc1cccc([N+](=O)[O-])c1NCCCc1nn(-c2ccccc2)c(N)c1C#N. The van der Waals surface area contributed by atoms with E-state index in [2.05, 4.69) is 16.5 Å². The van der Waals surface area contributed by atoms with Crippen LogP contribution in [0.2, 0.25) is 0 Å². The minimum atomic E-state index is -0.397. The van der Waals surface area contributed by atoms with Crippen LogP contribution in [0.25, 0.3) is 5.69 Å². The van der Waals surface area contributed by atoms with Gasteiger partial charge in [0.2, 0.25) is 0 Å². The highest BCUT2D eigenvalue weighted by Gasteiger charge is 2.17. The first-order valence-electron chi connectivity index (χ1n) is 8.83. The van der Waals surface area contributed by atoms with Crippen molar-refractivity contribution < 1.29 is 4.92 Å². The molecular formula is C20H20N6O2. The van der Waals surface area contributed by atoms with Gasteiger partial charge in [0.1, 0.15) is 23.1 Å². The van der Waals surface area contributed by atoms with Crippen LogP contribution in [0.5, 0.6) is 0 Å². The maximum Gasteiger partial charge on any atom is 0.292 e. The Bertz CT molecular complexity index is 1040. The van der Waals surface area contributed by atoms with Gasteiger partial charge < -0.3 is 11.1 Å². The van der Waals surface area contributed by atoms with Crippen LogP contribution >= 0.6 is 0 Å². The zero-order valence-electron chi connectivity index (χ0n) is 15.4. The van der Waals surface area contributed by atoms with Crippen molar-refractivity contribution >= 4 is 17.2 Å². The normalized spacial score (nSPS) is 10.4. The number of nitro groups is 1. The van der Waals surface area contributed by atoms with Crippen LogP contribution in [0.4, 0.5) is 17.2 Å². The summed E-state index contributed by atoms with van der Waals surface area (Å²) in [5, 5.41) is 28.3. The molecule has 0 atom stereocenters. The fourth-order valence-corrected chi connectivity index (χ4v) is 3.04. The first kappa shape index (κ1) is 18.9. The summed E-state index contributed by atoms with van der Waals surface area (Å²) in [6, 6.07) is 16.5. The molecule has 0 radical (unpaired) electrons. The fraction of sp³-hybridized carbons (Fsp3) is 0.200. The van der Waals surface area contributed by atoms with Gasteiger partial charge in [-0.2, -0.15) is 10.4 Å². The molecule has 0 spiro atoms. The lowest BCUT2D eigenvalue weighted by atomic mass is 10.1. The van der Waals surface area contributed by atoms with Crippen molar-refractivity contribution in [2.24, 2.45) is 0 Å². The predicted octanol–water partition coefficient (Wildman–Crippen LogP) is 3.59. The summed E-state index contributed by atoms with van der Waals surface area (Å²) >= 11 is 0. The second-order valence-electron chi connectivity index (χ2n) is 6.32. The Morgan fingerprint density at radius 2 is 2.00 bits per heavy atom. The summed E-state index contributed by atoms with van der Waals surface area (Å²) in [6.45, 7) is 2.33. The number of anilines is 2. The summed E-state index contributed by atoms with van der Waals surface area (Å²) in [5.74, 6) is 0.311. The summed E-state index contributed by atoms with van der Waals surface area (Å²) in [7, 11) is 0. The van der Waals surface area contributed by atoms with Crippen molar-refractivity contribution in [3.05, 3.63) is 75.5 Å². The summed E-state index contributed by atoms with van der Waals surface area (Å²) < 4.78 is 1.56. The van der Waals surface area contributed by atoms with E-state index in [-0.39, 0.29) is 5.69 Å². The molecule has 1 aromatic heterocycles. The lowest BCUT2D eigenvalue weighted by Crippen LogP contribution is -2.07. The van der Waals surface area contributed by atoms with Crippen molar-refractivity contribution in [3.63, 3.8) is 0 Å². The average molecular weight is 376 g/mol. The zero-order chi connectivity index (χ0) is 20.1. The Morgan fingerprint density at radius 1 is 1.25 bits per heavy atom. The number of nitro benzene ring substituents is 1. The standard InChI is InChI=1S/C20H20N6O2/c1-14-7-5-11-18(26(27)28)19(14)23-12-6-10-17-16(13-21)20(22)25(24-17)15-8-3-2-4-9-15/h2-5,7-9,11,23H,6,10,12,22H2,1H3. The lowest BCUT2D eigenvalue weighted by molar-refractivity contribution is -0.384. The highest BCUT2D eigenvalue weighted by atomic mass is 16.6. The maximum atomic E-state index is 11.2. The van der Waals surface area contributed by atoms with Crippen LogP contribution in [0.1, 0.15) is 23.2 Å². The number of rotatable bonds is 7. The molecule has 0 saturated carbocycles. The maximum absolute atomic E-state index is 11.2. The van der Waals surface area contributed by atoms with Crippen molar-refractivity contribution in [2.45, 2.75) is 19.8 Å². The van der Waals surface area contributed by atoms with E-state index in [1.54, 1.807) is 10.7 Å². The van der Waals surface area contributed by atoms with Gasteiger partial charge in [0.05, 0.1) is 16.3 Å². The van der Waals surface area contributed by atoms with Crippen LogP contribution in [-0.2, 0) is 6.42 Å². The van der Waals surface area contributed by atoms with Crippen molar-refractivity contribution in [3.8, 4) is 11.8 Å². The third-order valence-corrected chi connectivity index (χ3v) is 4.45. The summed E-state index contributed by atoms with van der Waals surface area (Å²) in [6.07, 6.45) is 1.17. The topological polar surface area (TPSA) is 123 Å². The predicted molar refractivity (Wildman–Crippen MR) is 107 cm³/mol. The largest absolute Gasteiger partial charge is 0.382 e. The Morgan fingerprint density at radius 3 is 2.68 bits per heavy atom. The molecule has 28 heavy (non-hydrogen) atoms. The smallest absolute Gasteiger partial charge is 0.292 e. The second-order valence-corrected chi connectivity index (χ2v) is 6.32. The molecule has 0 fully saturated rings. The minimum Gasteiger partial charge on any atom is -0.382 e. The number of nitrogens with one attached hydrogen (secondary N) is 1. The molecule has 142 valence electrons. The Kier molecular flexibility index (Phi) is 5.56. The van der Waals surface area contributed by atoms with Crippen LogP contribution in [-0.4, -0.2) is 21.2 Å². The molecular weight excluding hydrogens is 356 g/mol. The van der Waals surface area contributed by atoms with Gasteiger partial charge in [-0.3, -0.25) is 10.1 Å². The Balaban J connectivity index is 1.71. The summed E-state index contributed by atoms with van der Waals surface area (Å²) in [4.78, 5) is 10.8. The molecule has 0 aliphatic rings. The molecule has 8 nitrogen and oxygen atoms in total. The second kappa shape index (κ2) is 8.22. The van der Waals surface area contributed by atoms with E-state index >= 15 is 0 Å². The van der Waals surface area contributed by atoms with E-state index in [1.165, 1.54) is 6.07 Å².